The highest BCUT2D eigenvalue weighted by Gasteiger charge is 2.05. The summed E-state index contributed by atoms with van der Waals surface area (Å²) in [4.78, 5) is 11.5. The molecule has 0 radical (unpaired) electrons. The monoisotopic (exact) mass is 349 g/mol. The third-order valence-corrected chi connectivity index (χ3v) is 3.57. The molecule has 102 valence electrons. The van der Waals surface area contributed by atoms with Crippen LogP contribution in [0.1, 0.15) is 15.9 Å². The summed E-state index contributed by atoms with van der Waals surface area (Å²) in [7, 11) is 0. The van der Waals surface area contributed by atoms with Crippen molar-refractivity contribution in [3.63, 3.8) is 0 Å². The summed E-state index contributed by atoms with van der Waals surface area (Å²) < 4.78 is 0.826. The van der Waals surface area contributed by atoms with E-state index < -0.39 is 5.91 Å². The van der Waals surface area contributed by atoms with Gasteiger partial charge in [0, 0.05) is 21.3 Å². The second kappa shape index (κ2) is 6.02. The molecule has 0 aliphatic carbocycles. The van der Waals surface area contributed by atoms with E-state index in [0.717, 1.165) is 21.4 Å². The average Bonchev–Trinajstić information content (AvgIpc) is 2.41. The molecule has 0 heterocycles. The van der Waals surface area contributed by atoms with Gasteiger partial charge in [0.05, 0.1) is 5.69 Å². The topological polar surface area (TPSA) is 81.1 Å². The van der Waals surface area contributed by atoms with Gasteiger partial charge in [0.1, 0.15) is 4.99 Å². The Kier molecular flexibility index (Phi) is 4.36. The van der Waals surface area contributed by atoms with Gasteiger partial charge in [0.25, 0.3) is 0 Å². The largest absolute Gasteiger partial charge is 0.389 e. The standard InChI is InChI=1S/C14H12BrN3OS/c15-11-7-9(14(17)20)4-5-12(11)18-10-3-1-2-8(6-10)13(16)19/h1-7,18H,(H2,16,19)(H2,17,20). The van der Waals surface area contributed by atoms with E-state index in [0.29, 0.717) is 10.6 Å². The number of primary amides is 1. The fourth-order valence-electron chi connectivity index (χ4n) is 1.68. The number of rotatable bonds is 4. The molecule has 2 aromatic rings. The molecule has 0 aliphatic heterocycles. The van der Waals surface area contributed by atoms with Crippen LogP contribution >= 0.6 is 28.1 Å². The first-order valence-electron chi connectivity index (χ1n) is 5.73. The van der Waals surface area contributed by atoms with Crippen LogP contribution in [0.25, 0.3) is 0 Å². The van der Waals surface area contributed by atoms with Crippen molar-refractivity contribution in [2.75, 3.05) is 5.32 Å². The molecule has 0 spiro atoms. The van der Waals surface area contributed by atoms with Gasteiger partial charge >= 0.3 is 0 Å². The van der Waals surface area contributed by atoms with Gasteiger partial charge in [-0.2, -0.15) is 0 Å². The van der Waals surface area contributed by atoms with Crippen molar-refractivity contribution < 1.29 is 4.79 Å². The van der Waals surface area contributed by atoms with E-state index in [2.05, 4.69) is 21.2 Å². The predicted octanol–water partition coefficient (Wildman–Crippen LogP) is 2.93. The van der Waals surface area contributed by atoms with Crippen molar-refractivity contribution >= 4 is 50.4 Å². The van der Waals surface area contributed by atoms with E-state index >= 15 is 0 Å². The predicted molar refractivity (Wildman–Crippen MR) is 88.3 cm³/mol. The van der Waals surface area contributed by atoms with Crippen LogP contribution < -0.4 is 16.8 Å². The summed E-state index contributed by atoms with van der Waals surface area (Å²) >= 11 is 8.38. The summed E-state index contributed by atoms with van der Waals surface area (Å²) in [5.41, 5.74) is 13.7. The minimum absolute atomic E-state index is 0.341. The molecule has 0 bridgehead atoms. The van der Waals surface area contributed by atoms with Crippen molar-refractivity contribution in [2.45, 2.75) is 0 Å². The lowest BCUT2D eigenvalue weighted by Crippen LogP contribution is -2.11. The summed E-state index contributed by atoms with van der Waals surface area (Å²) in [5, 5.41) is 3.19. The van der Waals surface area contributed by atoms with E-state index in [1.165, 1.54) is 0 Å². The van der Waals surface area contributed by atoms with Gasteiger partial charge in [-0.3, -0.25) is 4.79 Å². The molecule has 0 saturated heterocycles. The zero-order valence-electron chi connectivity index (χ0n) is 10.4. The number of hydrogen-bond acceptors (Lipinski definition) is 3. The smallest absolute Gasteiger partial charge is 0.248 e. The Morgan fingerprint density at radius 2 is 1.85 bits per heavy atom. The van der Waals surface area contributed by atoms with Crippen LogP contribution in [0.15, 0.2) is 46.9 Å². The number of nitrogens with one attached hydrogen (secondary N) is 1. The zero-order chi connectivity index (χ0) is 14.7. The van der Waals surface area contributed by atoms with Gasteiger partial charge in [-0.25, -0.2) is 0 Å². The summed E-state index contributed by atoms with van der Waals surface area (Å²) in [6, 6.07) is 12.5. The number of amides is 1. The fraction of sp³-hybridized carbons (Fsp3) is 0. The van der Waals surface area contributed by atoms with Crippen LogP contribution in [-0.4, -0.2) is 10.9 Å². The Morgan fingerprint density at radius 3 is 2.45 bits per heavy atom. The normalized spacial score (nSPS) is 10.1. The van der Waals surface area contributed by atoms with Crippen molar-refractivity contribution in [1.29, 1.82) is 0 Å². The molecule has 0 aliphatic rings. The number of anilines is 2. The molecule has 2 aromatic carbocycles. The Balaban J connectivity index is 2.28. The third-order valence-electron chi connectivity index (χ3n) is 2.68. The van der Waals surface area contributed by atoms with Crippen LogP contribution in [0.4, 0.5) is 11.4 Å². The molecular weight excluding hydrogens is 338 g/mol. The van der Waals surface area contributed by atoms with Gasteiger partial charge in [-0.05, 0) is 52.3 Å². The minimum atomic E-state index is -0.462. The zero-order valence-corrected chi connectivity index (χ0v) is 12.8. The first kappa shape index (κ1) is 14.5. The minimum Gasteiger partial charge on any atom is -0.389 e. The van der Waals surface area contributed by atoms with E-state index in [9.17, 15) is 4.79 Å². The molecule has 0 fully saturated rings. The van der Waals surface area contributed by atoms with E-state index in [1.54, 1.807) is 18.2 Å². The SMILES string of the molecule is NC(=O)c1cccc(Nc2ccc(C(N)=S)cc2Br)c1. The second-order valence-electron chi connectivity index (χ2n) is 4.13. The lowest BCUT2D eigenvalue weighted by atomic mass is 10.1. The highest BCUT2D eigenvalue weighted by molar-refractivity contribution is 9.10. The molecule has 1 amide bonds. The van der Waals surface area contributed by atoms with Crippen molar-refractivity contribution in [3.8, 4) is 0 Å². The van der Waals surface area contributed by atoms with Gasteiger partial charge < -0.3 is 16.8 Å². The number of hydrogen-bond donors (Lipinski definition) is 3. The van der Waals surface area contributed by atoms with Gasteiger partial charge in [0.2, 0.25) is 5.91 Å². The van der Waals surface area contributed by atoms with E-state index in [4.69, 9.17) is 23.7 Å². The maximum absolute atomic E-state index is 11.1. The molecule has 20 heavy (non-hydrogen) atoms. The molecule has 5 N–H and O–H groups in total. The van der Waals surface area contributed by atoms with Crippen LogP contribution in [0, 0.1) is 0 Å². The molecule has 4 nitrogen and oxygen atoms in total. The molecule has 0 atom stereocenters. The Morgan fingerprint density at radius 1 is 1.10 bits per heavy atom. The average molecular weight is 350 g/mol. The summed E-state index contributed by atoms with van der Waals surface area (Å²) in [6.07, 6.45) is 0. The Hall–Kier alpha value is -1.92. The maximum Gasteiger partial charge on any atom is 0.248 e. The lowest BCUT2D eigenvalue weighted by Gasteiger charge is -2.10. The van der Waals surface area contributed by atoms with Gasteiger partial charge in [-0.1, -0.05) is 18.3 Å². The fourth-order valence-corrected chi connectivity index (χ4v) is 2.28. The number of carbonyl (C=O) groups is 1. The van der Waals surface area contributed by atoms with E-state index in [-0.39, 0.29) is 0 Å². The lowest BCUT2D eigenvalue weighted by molar-refractivity contribution is 0.100. The quantitative estimate of drug-likeness (QED) is 0.741. The van der Waals surface area contributed by atoms with Crippen LogP contribution in [0.5, 0.6) is 0 Å². The number of nitrogens with two attached hydrogens (primary N) is 2. The number of thiocarbonyl (C=S) groups is 1. The molecule has 0 aromatic heterocycles. The molecular formula is C14H12BrN3OS. The van der Waals surface area contributed by atoms with Crippen molar-refractivity contribution in [1.82, 2.24) is 0 Å². The van der Waals surface area contributed by atoms with Crippen LogP contribution in [0.2, 0.25) is 0 Å². The molecule has 6 heteroatoms. The first-order chi connectivity index (χ1) is 9.47. The second-order valence-corrected chi connectivity index (χ2v) is 5.42. The molecule has 0 unspecified atom stereocenters. The van der Waals surface area contributed by atoms with Crippen LogP contribution in [-0.2, 0) is 0 Å². The summed E-state index contributed by atoms with van der Waals surface area (Å²) in [6.45, 7) is 0. The highest BCUT2D eigenvalue weighted by atomic mass is 79.9. The maximum atomic E-state index is 11.1. The highest BCUT2D eigenvalue weighted by Crippen LogP contribution is 2.27. The van der Waals surface area contributed by atoms with Crippen molar-refractivity contribution in [3.05, 3.63) is 58.1 Å². The molecule has 2 rings (SSSR count). The third kappa shape index (κ3) is 3.34. The Labute approximate surface area is 130 Å². The number of benzene rings is 2. The number of carbonyl (C=O) groups excluding carboxylic acids is 1. The first-order valence-corrected chi connectivity index (χ1v) is 6.94. The van der Waals surface area contributed by atoms with Gasteiger partial charge in [-0.15, -0.1) is 0 Å². The Bertz CT molecular complexity index is 688. The van der Waals surface area contributed by atoms with Crippen molar-refractivity contribution in [2.24, 2.45) is 11.5 Å². The molecule has 0 saturated carbocycles. The van der Waals surface area contributed by atoms with Gasteiger partial charge in [0.15, 0.2) is 0 Å². The van der Waals surface area contributed by atoms with Crippen LogP contribution in [0.3, 0.4) is 0 Å². The summed E-state index contributed by atoms with van der Waals surface area (Å²) in [5.74, 6) is -0.462. The van der Waals surface area contributed by atoms with E-state index in [1.807, 2.05) is 24.3 Å². The number of halogens is 1.